The zero-order valence-corrected chi connectivity index (χ0v) is 14.3. The number of piperidine rings is 1. The third-order valence-electron chi connectivity index (χ3n) is 4.69. The van der Waals surface area contributed by atoms with E-state index in [2.05, 4.69) is 22.5 Å². The molecule has 0 spiro atoms. The van der Waals surface area contributed by atoms with Crippen molar-refractivity contribution < 1.29 is 9.18 Å². The molecule has 0 saturated carbocycles. The zero-order valence-electron chi connectivity index (χ0n) is 13.5. The highest BCUT2D eigenvalue weighted by atomic mass is 32.2. The van der Waals surface area contributed by atoms with Gasteiger partial charge in [-0.05, 0) is 49.6 Å². The van der Waals surface area contributed by atoms with Crippen molar-refractivity contribution in [1.29, 1.82) is 0 Å². The normalized spacial score (nSPS) is 22.4. The Morgan fingerprint density at radius 2 is 2.09 bits per heavy atom. The molecule has 0 aliphatic carbocycles. The van der Waals surface area contributed by atoms with Crippen LogP contribution >= 0.6 is 11.8 Å². The van der Waals surface area contributed by atoms with Gasteiger partial charge in [-0.1, -0.05) is 6.92 Å². The fourth-order valence-corrected chi connectivity index (χ4v) is 4.40. The maximum Gasteiger partial charge on any atom is 0.315 e. The Labute approximate surface area is 141 Å². The molecule has 6 heteroatoms. The van der Waals surface area contributed by atoms with Crippen LogP contribution < -0.4 is 10.6 Å². The standard InChI is InChI=1S/C17H24FN3OS/c1-2-21-8-5-13(6-9-21)19-17(22)20-15-7-10-23-16-4-3-12(18)11-14(15)16/h3-4,11,13,15H,2,5-10H2,1H3,(H2,19,20,22). The quantitative estimate of drug-likeness (QED) is 0.890. The number of amides is 2. The Balaban J connectivity index is 1.56. The minimum absolute atomic E-state index is 0.0994. The predicted octanol–water partition coefficient (Wildman–Crippen LogP) is 3.15. The predicted molar refractivity (Wildman–Crippen MR) is 91.3 cm³/mol. The third-order valence-corrected chi connectivity index (χ3v) is 5.81. The van der Waals surface area contributed by atoms with Crippen molar-refractivity contribution in [2.75, 3.05) is 25.4 Å². The lowest BCUT2D eigenvalue weighted by molar-refractivity contribution is 0.197. The Hall–Kier alpha value is -1.27. The highest BCUT2D eigenvalue weighted by molar-refractivity contribution is 7.99. The first-order chi connectivity index (χ1) is 11.2. The maximum absolute atomic E-state index is 13.5. The number of carbonyl (C=O) groups is 1. The Bertz CT molecular complexity index is 561. The second-order valence-corrected chi connectivity index (χ2v) is 7.33. The van der Waals surface area contributed by atoms with Gasteiger partial charge in [0.05, 0.1) is 6.04 Å². The fourth-order valence-electron chi connectivity index (χ4n) is 3.29. The fraction of sp³-hybridized carbons (Fsp3) is 0.588. The van der Waals surface area contributed by atoms with Gasteiger partial charge in [0, 0.05) is 29.8 Å². The first-order valence-electron chi connectivity index (χ1n) is 8.37. The number of halogens is 1. The van der Waals surface area contributed by atoms with Gasteiger partial charge in [0.2, 0.25) is 0 Å². The number of thioether (sulfide) groups is 1. The van der Waals surface area contributed by atoms with Gasteiger partial charge in [0.1, 0.15) is 5.82 Å². The van der Waals surface area contributed by atoms with Gasteiger partial charge in [-0.15, -0.1) is 11.8 Å². The molecular formula is C17H24FN3OS. The number of carbonyl (C=O) groups excluding carboxylic acids is 1. The van der Waals surface area contributed by atoms with Crippen LogP contribution in [0.4, 0.5) is 9.18 Å². The summed E-state index contributed by atoms with van der Waals surface area (Å²) >= 11 is 1.72. The van der Waals surface area contributed by atoms with Crippen LogP contribution in [-0.2, 0) is 0 Å². The molecule has 1 atom stereocenters. The molecule has 0 bridgehead atoms. The van der Waals surface area contributed by atoms with E-state index in [-0.39, 0.29) is 23.9 Å². The molecule has 2 aliphatic rings. The van der Waals surface area contributed by atoms with Crippen LogP contribution in [0.5, 0.6) is 0 Å². The summed E-state index contributed by atoms with van der Waals surface area (Å²) in [5, 5.41) is 6.11. The molecule has 23 heavy (non-hydrogen) atoms. The van der Waals surface area contributed by atoms with E-state index in [9.17, 15) is 9.18 Å². The minimum Gasteiger partial charge on any atom is -0.335 e. The molecule has 1 fully saturated rings. The van der Waals surface area contributed by atoms with Crippen LogP contribution in [0.15, 0.2) is 23.1 Å². The van der Waals surface area contributed by atoms with E-state index >= 15 is 0 Å². The van der Waals surface area contributed by atoms with Crippen LogP contribution in [0.3, 0.4) is 0 Å². The molecule has 1 aromatic rings. The number of fused-ring (bicyclic) bond motifs is 1. The van der Waals surface area contributed by atoms with Gasteiger partial charge in [-0.25, -0.2) is 9.18 Å². The summed E-state index contributed by atoms with van der Waals surface area (Å²) in [6.07, 6.45) is 2.82. The number of likely N-dealkylation sites (tertiary alicyclic amines) is 1. The maximum atomic E-state index is 13.5. The van der Waals surface area contributed by atoms with Crippen molar-refractivity contribution >= 4 is 17.8 Å². The average Bonchev–Trinajstić information content (AvgIpc) is 2.56. The Kier molecular flexibility index (Phi) is 5.43. The van der Waals surface area contributed by atoms with Crippen molar-refractivity contribution in [2.24, 2.45) is 0 Å². The second-order valence-electron chi connectivity index (χ2n) is 6.20. The molecule has 0 aromatic heterocycles. The first-order valence-corrected chi connectivity index (χ1v) is 9.36. The summed E-state index contributed by atoms with van der Waals surface area (Å²) in [4.78, 5) is 15.8. The molecule has 4 nitrogen and oxygen atoms in total. The SMILES string of the molecule is CCN1CCC(NC(=O)NC2CCSc3ccc(F)cc32)CC1. The molecule has 126 valence electrons. The third kappa shape index (κ3) is 4.18. The second kappa shape index (κ2) is 7.53. The lowest BCUT2D eigenvalue weighted by atomic mass is 10.0. The lowest BCUT2D eigenvalue weighted by Crippen LogP contribution is -2.48. The van der Waals surface area contributed by atoms with E-state index < -0.39 is 0 Å². The van der Waals surface area contributed by atoms with Gasteiger partial charge in [-0.3, -0.25) is 0 Å². The number of benzene rings is 1. The molecule has 0 radical (unpaired) electrons. The number of rotatable bonds is 3. The van der Waals surface area contributed by atoms with Crippen LogP contribution in [0.1, 0.15) is 37.8 Å². The molecular weight excluding hydrogens is 313 g/mol. The van der Waals surface area contributed by atoms with Crippen molar-refractivity contribution in [3.05, 3.63) is 29.6 Å². The number of hydrogen-bond donors (Lipinski definition) is 2. The molecule has 3 rings (SSSR count). The molecule has 2 amide bonds. The summed E-state index contributed by atoms with van der Waals surface area (Å²) in [5.74, 6) is 0.698. The highest BCUT2D eigenvalue weighted by Crippen LogP contribution is 2.36. The van der Waals surface area contributed by atoms with E-state index in [1.165, 1.54) is 6.07 Å². The van der Waals surface area contributed by atoms with E-state index in [1.807, 2.05) is 6.07 Å². The van der Waals surface area contributed by atoms with Gasteiger partial charge < -0.3 is 15.5 Å². The molecule has 1 aromatic carbocycles. The van der Waals surface area contributed by atoms with Crippen LogP contribution in [0, 0.1) is 5.82 Å². The summed E-state index contributed by atoms with van der Waals surface area (Å²) in [5.41, 5.74) is 0.900. The summed E-state index contributed by atoms with van der Waals surface area (Å²) < 4.78 is 13.5. The van der Waals surface area contributed by atoms with Crippen LogP contribution in [0.25, 0.3) is 0 Å². The highest BCUT2D eigenvalue weighted by Gasteiger charge is 2.25. The molecule has 2 N–H and O–H groups in total. The van der Waals surface area contributed by atoms with E-state index in [0.29, 0.717) is 0 Å². The van der Waals surface area contributed by atoms with E-state index in [1.54, 1.807) is 17.8 Å². The van der Waals surface area contributed by atoms with Gasteiger partial charge >= 0.3 is 6.03 Å². The molecule has 1 unspecified atom stereocenters. The first kappa shape index (κ1) is 16.6. The van der Waals surface area contributed by atoms with E-state index in [4.69, 9.17) is 0 Å². The summed E-state index contributed by atoms with van der Waals surface area (Å²) in [6, 6.07) is 4.84. The van der Waals surface area contributed by atoms with E-state index in [0.717, 1.165) is 55.1 Å². The zero-order chi connectivity index (χ0) is 16.2. The largest absolute Gasteiger partial charge is 0.335 e. The number of hydrogen-bond acceptors (Lipinski definition) is 3. The van der Waals surface area contributed by atoms with Crippen LogP contribution in [0.2, 0.25) is 0 Å². The summed E-state index contributed by atoms with van der Waals surface area (Å²) in [6.45, 7) is 5.31. The molecule has 2 aliphatic heterocycles. The minimum atomic E-state index is -0.245. The van der Waals surface area contributed by atoms with Crippen molar-refractivity contribution in [3.63, 3.8) is 0 Å². The topological polar surface area (TPSA) is 44.4 Å². The molecule has 1 saturated heterocycles. The van der Waals surface area contributed by atoms with Crippen molar-refractivity contribution in [2.45, 2.75) is 43.2 Å². The monoisotopic (exact) mass is 337 g/mol. The number of nitrogens with one attached hydrogen (secondary N) is 2. The van der Waals surface area contributed by atoms with Crippen molar-refractivity contribution in [3.8, 4) is 0 Å². The van der Waals surface area contributed by atoms with Gasteiger partial charge in [0.15, 0.2) is 0 Å². The Morgan fingerprint density at radius 1 is 1.30 bits per heavy atom. The van der Waals surface area contributed by atoms with Gasteiger partial charge in [-0.2, -0.15) is 0 Å². The number of nitrogens with zero attached hydrogens (tertiary/aromatic N) is 1. The lowest BCUT2D eigenvalue weighted by Gasteiger charge is -2.32. The Morgan fingerprint density at radius 3 is 2.83 bits per heavy atom. The van der Waals surface area contributed by atoms with Crippen molar-refractivity contribution in [1.82, 2.24) is 15.5 Å². The summed E-state index contributed by atoms with van der Waals surface area (Å²) in [7, 11) is 0. The van der Waals surface area contributed by atoms with Gasteiger partial charge in [0.25, 0.3) is 0 Å². The number of urea groups is 1. The smallest absolute Gasteiger partial charge is 0.315 e. The van der Waals surface area contributed by atoms with Crippen LogP contribution in [-0.4, -0.2) is 42.4 Å². The average molecular weight is 337 g/mol. The molecule has 2 heterocycles.